The van der Waals surface area contributed by atoms with Crippen LogP contribution in [0.5, 0.6) is 0 Å². The van der Waals surface area contributed by atoms with E-state index in [1.807, 2.05) is 6.92 Å². The molecule has 76 valence electrons. The second kappa shape index (κ2) is 6.42. The average molecular weight is 187 g/mol. The van der Waals surface area contributed by atoms with Crippen LogP contribution in [-0.2, 0) is 9.59 Å². The highest BCUT2D eigenvalue weighted by atomic mass is 16.2. The van der Waals surface area contributed by atoms with Crippen molar-refractivity contribution in [2.75, 3.05) is 13.6 Å². The molecule has 0 aromatic heterocycles. The fraction of sp³-hybridized carbons (Fsp3) is 0.750. The fourth-order valence-corrected chi connectivity index (χ4v) is 0.829. The van der Waals surface area contributed by atoms with Crippen LogP contribution in [0, 0.1) is 0 Å². The number of rotatable bonds is 5. The molecule has 0 saturated carbocycles. The molecule has 0 aliphatic rings. The highest BCUT2D eigenvalue weighted by molar-refractivity contribution is 5.87. The van der Waals surface area contributed by atoms with E-state index in [1.54, 1.807) is 0 Å². The van der Waals surface area contributed by atoms with Crippen molar-refractivity contribution in [3.8, 4) is 0 Å². The minimum atomic E-state index is -0.505. The molecule has 0 aromatic rings. The first-order valence-corrected chi connectivity index (χ1v) is 4.35. The molecule has 0 aliphatic carbocycles. The molecule has 0 radical (unpaired) electrons. The maximum absolute atomic E-state index is 11.1. The number of carbonyl (C=O) groups excluding carboxylic acids is 2. The zero-order chi connectivity index (χ0) is 10.3. The number of hydrogen-bond acceptors (Lipinski definition) is 3. The van der Waals surface area contributed by atoms with Crippen LogP contribution in [-0.4, -0.2) is 31.4 Å². The van der Waals surface area contributed by atoms with E-state index in [4.69, 9.17) is 5.73 Å². The van der Waals surface area contributed by atoms with Gasteiger partial charge < -0.3 is 16.4 Å². The molecule has 13 heavy (non-hydrogen) atoms. The van der Waals surface area contributed by atoms with Crippen molar-refractivity contribution in [1.82, 2.24) is 10.6 Å². The first kappa shape index (κ1) is 11.9. The lowest BCUT2D eigenvalue weighted by molar-refractivity contribution is -0.126. The summed E-state index contributed by atoms with van der Waals surface area (Å²) in [6.07, 6.45) is 1.49. The molecular formula is C8H17N3O2. The van der Waals surface area contributed by atoms with Gasteiger partial charge in [-0.15, -0.1) is 0 Å². The van der Waals surface area contributed by atoms with E-state index in [2.05, 4.69) is 10.6 Å². The van der Waals surface area contributed by atoms with Crippen LogP contribution in [0.25, 0.3) is 0 Å². The van der Waals surface area contributed by atoms with E-state index in [0.29, 0.717) is 6.42 Å². The Labute approximate surface area is 78.1 Å². The van der Waals surface area contributed by atoms with Crippen molar-refractivity contribution in [3.05, 3.63) is 0 Å². The fourth-order valence-electron chi connectivity index (χ4n) is 0.829. The summed E-state index contributed by atoms with van der Waals surface area (Å²) in [5, 5.41) is 4.84. The third kappa shape index (κ3) is 5.19. The summed E-state index contributed by atoms with van der Waals surface area (Å²) < 4.78 is 0. The van der Waals surface area contributed by atoms with Crippen LogP contribution in [0.2, 0.25) is 0 Å². The van der Waals surface area contributed by atoms with Crippen molar-refractivity contribution in [2.24, 2.45) is 5.73 Å². The first-order chi connectivity index (χ1) is 6.11. The lowest BCUT2D eigenvalue weighted by Gasteiger charge is -2.09. The normalized spacial score (nSPS) is 11.9. The van der Waals surface area contributed by atoms with Crippen LogP contribution in [0.1, 0.15) is 19.8 Å². The molecule has 1 atom stereocenters. The minimum absolute atomic E-state index is 0.00719. The van der Waals surface area contributed by atoms with Gasteiger partial charge in [0.1, 0.15) is 0 Å². The molecule has 0 saturated heterocycles. The predicted molar refractivity (Wildman–Crippen MR) is 50.0 cm³/mol. The van der Waals surface area contributed by atoms with E-state index >= 15 is 0 Å². The standard InChI is InChI=1S/C8H17N3O2/c1-3-4-6(9)8(13)11-5-7(12)10-2/h6H,3-5,9H2,1-2H3,(H,10,12)(H,11,13)/t6-/m1/s1. The Morgan fingerprint density at radius 1 is 1.46 bits per heavy atom. The summed E-state index contributed by atoms with van der Waals surface area (Å²) in [5.41, 5.74) is 5.51. The highest BCUT2D eigenvalue weighted by Crippen LogP contribution is 1.92. The van der Waals surface area contributed by atoms with Crippen molar-refractivity contribution in [1.29, 1.82) is 0 Å². The lowest BCUT2D eigenvalue weighted by Crippen LogP contribution is -2.44. The van der Waals surface area contributed by atoms with Gasteiger partial charge in [-0.1, -0.05) is 13.3 Å². The van der Waals surface area contributed by atoms with Crippen molar-refractivity contribution in [3.63, 3.8) is 0 Å². The topological polar surface area (TPSA) is 84.2 Å². The maximum atomic E-state index is 11.1. The largest absolute Gasteiger partial charge is 0.358 e. The van der Waals surface area contributed by atoms with Gasteiger partial charge in [0, 0.05) is 7.05 Å². The summed E-state index contributed by atoms with van der Waals surface area (Å²) in [5.74, 6) is -0.498. The number of amides is 2. The first-order valence-electron chi connectivity index (χ1n) is 4.35. The molecule has 0 spiro atoms. The molecule has 0 rings (SSSR count). The monoisotopic (exact) mass is 187 g/mol. The number of carbonyl (C=O) groups is 2. The van der Waals surface area contributed by atoms with E-state index in [0.717, 1.165) is 6.42 Å². The quantitative estimate of drug-likeness (QED) is 0.515. The van der Waals surface area contributed by atoms with Crippen LogP contribution < -0.4 is 16.4 Å². The molecular weight excluding hydrogens is 170 g/mol. The molecule has 0 aromatic carbocycles. The summed E-state index contributed by atoms with van der Waals surface area (Å²) in [6.45, 7) is 1.94. The summed E-state index contributed by atoms with van der Waals surface area (Å²) in [6, 6.07) is -0.505. The van der Waals surface area contributed by atoms with Crippen LogP contribution in [0.3, 0.4) is 0 Å². The summed E-state index contributed by atoms with van der Waals surface area (Å²) in [4.78, 5) is 21.9. The van der Waals surface area contributed by atoms with Crippen LogP contribution in [0.15, 0.2) is 0 Å². The SMILES string of the molecule is CCC[C@@H](N)C(=O)NCC(=O)NC. The minimum Gasteiger partial charge on any atom is -0.358 e. The van der Waals surface area contributed by atoms with E-state index in [9.17, 15) is 9.59 Å². The van der Waals surface area contributed by atoms with Crippen LogP contribution >= 0.6 is 0 Å². The average Bonchev–Trinajstić information content (AvgIpc) is 2.13. The van der Waals surface area contributed by atoms with Gasteiger partial charge in [-0.05, 0) is 6.42 Å². The zero-order valence-electron chi connectivity index (χ0n) is 8.09. The third-order valence-corrected chi connectivity index (χ3v) is 1.64. The Balaban J connectivity index is 3.67. The smallest absolute Gasteiger partial charge is 0.239 e. The molecule has 5 nitrogen and oxygen atoms in total. The Hall–Kier alpha value is -1.10. The number of nitrogens with one attached hydrogen (secondary N) is 2. The van der Waals surface area contributed by atoms with Crippen molar-refractivity contribution in [2.45, 2.75) is 25.8 Å². The van der Waals surface area contributed by atoms with Gasteiger partial charge >= 0.3 is 0 Å². The summed E-state index contributed by atoms with van der Waals surface area (Å²) >= 11 is 0. The van der Waals surface area contributed by atoms with Crippen molar-refractivity contribution < 1.29 is 9.59 Å². The zero-order valence-corrected chi connectivity index (χ0v) is 8.09. The molecule has 0 fully saturated rings. The molecule has 0 aliphatic heterocycles. The number of likely N-dealkylation sites (N-methyl/N-ethyl adjacent to an activating group) is 1. The Kier molecular flexibility index (Phi) is 5.88. The predicted octanol–water partition coefficient (Wildman–Crippen LogP) is -1.02. The van der Waals surface area contributed by atoms with E-state index in [1.165, 1.54) is 7.05 Å². The number of hydrogen-bond donors (Lipinski definition) is 3. The molecule has 2 amide bonds. The van der Waals surface area contributed by atoms with Gasteiger partial charge in [0.2, 0.25) is 11.8 Å². The van der Waals surface area contributed by atoms with Gasteiger partial charge in [-0.3, -0.25) is 9.59 Å². The van der Waals surface area contributed by atoms with Gasteiger partial charge in [-0.25, -0.2) is 0 Å². The highest BCUT2D eigenvalue weighted by Gasteiger charge is 2.12. The van der Waals surface area contributed by atoms with Crippen molar-refractivity contribution >= 4 is 11.8 Å². The van der Waals surface area contributed by atoms with Gasteiger partial charge in [0.15, 0.2) is 0 Å². The maximum Gasteiger partial charge on any atom is 0.239 e. The van der Waals surface area contributed by atoms with E-state index in [-0.39, 0.29) is 18.4 Å². The lowest BCUT2D eigenvalue weighted by atomic mass is 10.2. The second-order valence-corrected chi connectivity index (χ2v) is 2.79. The molecule has 4 N–H and O–H groups in total. The molecule has 0 bridgehead atoms. The second-order valence-electron chi connectivity index (χ2n) is 2.79. The third-order valence-electron chi connectivity index (χ3n) is 1.64. The van der Waals surface area contributed by atoms with E-state index < -0.39 is 6.04 Å². The number of nitrogens with two attached hydrogens (primary N) is 1. The van der Waals surface area contributed by atoms with Crippen LogP contribution in [0.4, 0.5) is 0 Å². The van der Waals surface area contributed by atoms with Gasteiger partial charge in [0.25, 0.3) is 0 Å². The Bertz CT molecular complexity index is 182. The molecule has 5 heteroatoms. The molecule has 0 heterocycles. The Morgan fingerprint density at radius 3 is 2.54 bits per heavy atom. The van der Waals surface area contributed by atoms with Gasteiger partial charge in [0.05, 0.1) is 12.6 Å². The Morgan fingerprint density at radius 2 is 2.08 bits per heavy atom. The molecule has 0 unspecified atom stereocenters. The van der Waals surface area contributed by atoms with Gasteiger partial charge in [-0.2, -0.15) is 0 Å². The summed E-state index contributed by atoms with van der Waals surface area (Å²) in [7, 11) is 1.51.